The second kappa shape index (κ2) is 5.52. The highest BCUT2D eigenvalue weighted by atomic mass is 35.5. The van der Waals surface area contributed by atoms with E-state index in [-0.39, 0.29) is 22.1 Å². The topological polar surface area (TPSA) is 37.8 Å². The van der Waals surface area contributed by atoms with E-state index < -0.39 is 17.5 Å². The lowest BCUT2D eigenvalue weighted by atomic mass is 9.96. The summed E-state index contributed by atoms with van der Waals surface area (Å²) in [6.07, 6.45) is 0. The van der Waals surface area contributed by atoms with Crippen LogP contribution in [0.4, 0.5) is 24.7 Å². The molecule has 0 aliphatic heterocycles. The number of nitrogens with zero attached hydrogens (tertiary/aromatic N) is 2. The Hall–Kier alpha value is -1.82. The first-order valence-corrected chi connectivity index (χ1v) is 6.51. The van der Waals surface area contributed by atoms with Crippen LogP contribution in [0.2, 0.25) is 5.15 Å². The van der Waals surface area contributed by atoms with Crippen LogP contribution in [0.5, 0.6) is 0 Å². The third-order valence-electron chi connectivity index (χ3n) is 2.62. The third kappa shape index (κ3) is 3.64. The molecule has 1 heterocycles. The van der Waals surface area contributed by atoms with Crippen molar-refractivity contribution in [2.45, 2.75) is 26.2 Å². The van der Waals surface area contributed by atoms with Crippen molar-refractivity contribution in [2.24, 2.45) is 0 Å². The number of hydrogen-bond acceptors (Lipinski definition) is 3. The molecule has 2 aromatic rings. The predicted molar refractivity (Wildman–Crippen MR) is 75.3 cm³/mol. The summed E-state index contributed by atoms with van der Waals surface area (Å²) < 4.78 is 40.0. The van der Waals surface area contributed by atoms with Crippen molar-refractivity contribution in [1.29, 1.82) is 0 Å². The first-order valence-electron chi connectivity index (χ1n) is 6.13. The molecular formula is C14H13ClF3N3. The Bertz CT molecular complexity index is 684. The molecule has 7 heteroatoms. The second-order valence-electron chi connectivity index (χ2n) is 5.52. The van der Waals surface area contributed by atoms with Crippen LogP contribution >= 0.6 is 11.6 Å². The summed E-state index contributed by atoms with van der Waals surface area (Å²) in [6.45, 7) is 5.64. The van der Waals surface area contributed by atoms with Gasteiger partial charge in [-0.05, 0) is 0 Å². The van der Waals surface area contributed by atoms with Crippen LogP contribution in [0, 0.1) is 17.5 Å². The fraction of sp³-hybridized carbons (Fsp3) is 0.286. The monoisotopic (exact) mass is 315 g/mol. The molecule has 1 N–H and O–H groups in total. The van der Waals surface area contributed by atoms with Crippen molar-refractivity contribution in [3.63, 3.8) is 0 Å². The molecule has 21 heavy (non-hydrogen) atoms. The van der Waals surface area contributed by atoms with Gasteiger partial charge >= 0.3 is 0 Å². The van der Waals surface area contributed by atoms with Gasteiger partial charge in [0.05, 0.1) is 5.69 Å². The molecule has 0 amide bonds. The van der Waals surface area contributed by atoms with Gasteiger partial charge in [-0.2, -0.15) is 0 Å². The Morgan fingerprint density at radius 2 is 1.71 bits per heavy atom. The fourth-order valence-electron chi connectivity index (χ4n) is 1.60. The zero-order valence-corrected chi connectivity index (χ0v) is 12.4. The summed E-state index contributed by atoms with van der Waals surface area (Å²) in [5, 5.41) is 2.66. The lowest BCUT2D eigenvalue weighted by Gasteiger charge is -2.18. The largest absolute Gasteiger partial charge is 0.338 e. The van der Waals surface area contributed by atoms with Gasteiger partial charge in [0.25, 0.3) is 0 Å². The molecule has 1 aromatic carbocycles. The number of rotatable bonds is 2. The Morgan fingerprint density at radius 3 is 2.33 bits per heavy atom. The van der Waals surface area contributed by atoms with Gasteiger partial charge in [0.1, 0.15) is 22.6 Å². The van der Waals surface area contributed by atoms with Gasteiger partial charge < -0.3 is 5.32 Å². The molecular weight excluding hydrogens is 303 g/mol. The average molecular weight is 316 g/mol. The van der Waals surface area contributed by atoms with Gasteiger partial charge in [0.15, 0.2) is 11.6 Å². The number of nitrogens with one attached hydrogen (secondary N) is 1. The zero-order chi connectivity index (χ0) is 15.8. The van der Waals surface area contributed by atoms with E-state index in [9.17, 15) is 13.2 Å². The molecule has 0 saturated heterocycles. The van der Waals surface area contributed by atoms with Crippen molar-refractivity contribution in [2.75, 3.05) is 5.32 Å². The summed E-state index contributed by atoms with van der Waals surface area (Å²) in [4.78, 5) is 8.26. The first-order chi connectivity index (χ1) is 9.66. The van der Waals surface area contributed by atoms with E-state index in [1.165, 1.54) is 6.07 Å². The smallest absolute Gasteiger partial charge is 0.182 e. The van der Waals surface area contributed by atoms with Crippen LogP contribution in [-0.4, -0.2) is 9.97 Å². The Kier molecular flexibility index (Phi) is 4.09. The van der Waals surface area contributed by atoms with E-state index in [4.69, 9.17) is 11.6 Å². The van der Waals surface area contributed by atoms with Gasteiger partial charge in [-0.1, -0.05) is 32.4 Å². The summed E-state index contributed by atoms with van der Waals surface area (Å²) >= 11 is 5.89. The van der Waals surface area contributed by atoms with Crippen molar-refractivity contribution >= 4 is 23.1 Å². The van der Waals surface area contributed by atoms with Gasteiger partial charge in [-0.25, -0.2) is 23.1 Å². The molecule has 112 valence electrons. The van der Waals surface area contributed by atoms with E-state index in [0.717, 1.165) is 6.07 Å². The van der Waals surface area contributed by atoms with Crippen LogP contribution < -0.4 is 5.32 Å². The quantitative estimate of drug-likeness (QED) is 0.650. The van der Waals surface area contributed by atoms with Crippen molar-refractivity contribution in [3.8, 4) is 0 Å². The maximum atomic E-state index is 13.6. The standard InChI is InChI=1S/C14H13ClF3N3/c1-14(2,3)13-20-10(15)6-11(21-13)19-9-5-7(16)4-8(17)12(9)18/h4-6H,1-3H3,(H,19,20,21). The Morgan fingerprint density at radius 1 is 1.05 bits per heavy atom. The van der Waals surface area contributed by atoms with Crippen LogP contribution in [0.3, 0.4) is 0 Å². The van der Waals surface area contributed by atoms with Gasteiger partial charge in [0.2, 0.25) is 0 Å². The molecule has 0 fully saturated rings. The number of aromatic nitrogens is 2. The van der Waals surface area contributed by atoms with Crippen molar-refractivity contribution < 1.29 is 13.2 Å². The molecule has 1 aromatic heterocycles. The maximum absolute atomic E-state index is 13.6. The third-order valence-corrected chi connectivity index (χ3v) is 2.82. The van der Waals surface area contributed by atoms with E-state index in [1.807, 2.05) is 20.8 Å². The van der Waals surface area contributed by atoms with Crippen molar-refractivity contribution in [1.82, 2.24) is 9.97 Å². The van der Waals surface area contributed by atoms with Crippen LogP contribution in [0.15, 0.2) is 18.2 Å². The van der Waals surface area contributed by atoms with Gasteiger partial charge in [-0.3, -0.25) is 0 Å². The average Bonchev–Trinajstić information content (AvgIpc) is 2.33. The molecule has 0 atom stereocenters. The molecule has 0 radical (unpaired) electrons. The maximum Gasteiger partial charge on any atom is 0.182 e. The number of anilines is 2. The summed E-state index contributed by atoms with van der Waals surface area (Å²) in [5.74, 6) is -2.79. The SMILES string of the molecule is CC(C)(C)c1nc(Cl)cc(Nc2cc(F)cc(F)c2F)n1. The Labute approximate surface area is 125 Å². The molecule has 0 aliphatic carbocycles. The highest BCUT2D eigenvalue weighted by Crippen LogP contribution is 2.26. The molecule has 0 aliphatic rings. The molecule has 0 saturated carbocycles. The summed E-state index contributed by atoms with van der Waals surface area (Å²) in [7, 11) is 0. The van der Waals surface area contributed by atoms with Crippen LogP contribution in [0.25, 0.3) is 0 Å². The zero-order valence-electron chi connectivity index (χ0n) is 11.6. The number of halogens is 4. The molecule has 0 bridgehead atoms. The molecule has 2 rings (SSSR count). The minimum absolute atomic E-state index is 0.148. The number of benzene rings is 1. The second-order valence-corrected chi connectivity index (χ2v) is 5.91. The molecule has 0 spiro atoms. The Balaban J connectivity index is 2.43. The fourth-order valence-corrected chi connectivity index (χ4v) is 1.79. The minimum atomic E-state index is -1.28. The van der Waals surface area contributed by atoms with E-state index in [0.29, 0.717) is 11.9 Å². The van der Waals surface area contributed by atoms with Crippen LogP contribution in [-0.2, 0) is 5.41 Å². The van der Waals surface area contributed by atoms with Gasteiger partial charge in [-0.15, -0.1) is 0 Å². The van der Waals surface area contributed by atoms with E-state index in [2.05, 4.69) is 15.3 Å². The lowest BCUT2D eigenvalue weighted by molar-refractivity contribution is 0.498. The predicted octanol–water partition coefficient (Wildman–Crippen LogP) is 4.59. The van der Waals surface area contributed by atoms with E-state index >= 15 is 0 Å². The summed E-state index contributed by atoms with van der Waals surface area (Å²) in [6, 6.07) is 2.65. The van der Waals surface area contributed by atoms with Crippen molar-refractivity contribution in [3.05, 3.63) is 46.6 Å². The highest BCUT2D eigenvalue weighted by molar-refractivity contribution is 6.29. The van der Waals surface area contributed by atoms with Gasteiger partial charge in [0, 0.05) is 23.6 Å². The molecule has 0 unspecified atom stereocenters. The van der Waals surface area contributed by atoms with E-state index in [1.54, 1.807) is 0 Å². The minimum Gasteiger partial charge on any atom is -0.338 e. The lowest BCUT2D eigenvalue weighted by Crippen LogP contribution is -2.17. The highest BCUT2D eigenvalue weighted by Gasteiger charge is 2.19. The number of hydrogen-bond donors (Lipinski definition) is 1. The first kappa shape index (κ1) is 15.6. The normalized spacial score (nSPS) is 11.6. The molecule has 3 nitrogen and oxygen atoms in total. The summed E-state index contributed by atoms with van der Waals surface area (Å²) in [5.41, 5.74) is -0.741. The van der Waals surface area contributed by atoms with Crippen LogP contribution in [0.1, 0.15) is 26.6 Å².